The number of anilines is 1. The van der Waals surface area contributed by atoms with E-state index in [9.17, 15) is 32.3 Å². The quantitative estimate of drug-likeness (QED) is 0.335. The van der Waals surface area contributed by atoms with Gasteiger partial charge in [-0.05, 0) is 49.8 Å². The molecule has 1 aromatic heterocycles. The molecule has 0 bridgehead atoms. The van der Waals surface area contributed by atoms with Gasteiger partial charge < -0.3 is 21.1 Å². The Morgan fingerprint density at radius 1 is 1.15 bits per heavy atom. The van der Waals surface area contributed by atoms with E-state index in [0.29, 0.717) is 17.9 Å². The fraction of sp³-hybridized carbons (Fsp3) is 0.423. The first-order chi connectivity index (χ1) is 18.3. The monoisotopic (exact) mass is 549 g/mol. The first-order valence-corrected chi connectivity index (χ1v) is 12.3. The summed E-state index contributed by atoms with van der Waals surface area (Å²) < 4.78 is 41.4. The lowest BCUT2D eigenvalue weighted by atomic mass is 9.85. The molecular weight excluding hydrogens is 519 g/mol. The van der Waals surface area contributed by atoms with Gasteiger partial charge in [-0.15, -0.1) is 0 Å². The van der Waals surface area contributed by atoms with E-state index in [2.05, 4.69) is 20.4 Å². The number of nitrogens with two attached hydrogens (primary N) is 1. The molecule has 10 nitrogen and oxygen atoms in total. The van der Waals surface area contributed by atoms with E-state index in [1.807, 2.05) is 30.3 Å². The lowest BCUT2D eigenvalue weighted by Gasteiger charge is -2.38. The summed E-state index contributed by atoms with van der Waals surface area (Å²) in [5, 5.41) is 5.34. The first-order valence-electron chi connectivity index (χ1n) is 12.3. The fourth-order valence-corrected chi connectivity index (χ4v) is 4.37. The van der Waals surface area contributed by atoms with E-state index in [0.717, 1.165) is 11.1 Å². The Balaban J connectivity index is 1.67. The topological polar surface area (TPSA) is 144 Å². The van der Waals surface area contributed by atoms with Crippen molar-refractivity contribution in [3.8, 4) is 0 Å². The van der Waals surface area contributed by atoms with Crippen LogP contribution in [-0.4, -0.2) is 65.0 Å². The van der Waals surface area contributed by atoms with E-state index in [4.69, 9.17) is 5.73 Å². The number of carbonyl (C=O) groups is 4. The molecule has 1 aliphatic heterocycles. The van der Waals surface area contributed by atoms with Crippen LogP contribution < -0.4 is 16.4 Å². The van der Waals surface area contributed by atoms with Crippen molar-refractivity contribution in [2.45, 2.75) is 57.4 Å². The minimum Gasteiger partial charge on any atom is -0.385 e. The van der Waals surface area contributed by atoms with Crippen LogP contribution in [0.2, 0.25) is 0 Å². The number of carbonyl (C=O) groups excluding carboxylic acids is 4. The Kier molecular flexibility index (Phi) is 9.62. The Morgan fingerprint density at radius 3 is 2.49 bits per heavy atom. The van der Waals surface area contributed by atoms with Gasteiger partial charge in [-0.2, -0.15) is 13.2 Å². The van der Waals surface area contributed by atoms with Crippen LogP contribution in [0.15, 0.2) is 42.5 Å². The summed E-state index contributed by atoms with van der Waals surface area (Å²) in [6.07, 6.45) is -4.57. The van der Waals surface area contributed by atoms with Gasteiger partial charge in [0, 0.05) is 18.8 Å². The summed E-state index contributed by atoms with van der Waals surface area (Å²) >= 11 is 0. The van der Waals surface area contributed by atoms with Crippen LogP contribution >= 0.6 is 0 Å². The van der Waals surface area contributed by atoms with E-state index in [1.54, 1.807) is 19.1 Å². The summed E-state index contributed by atoms with van der Waals surface area (Å²) in [6, 6.07) is 10.8. The van der Waals surface area contributed by atoms with Crippen molar-refractivity contribution in [1.82, 2.24) is 20.5 Å². The van der Waals surface area contributed by atoms with Gasteiger partial charge in [-0.3, -0.25) is 19.3 Å². The molecule has 0 aliphatic carbocycles. The molecule has 1 saturated heterocycles. The van der Waals surface area contributed by atoms with Crippen molar-refractivity contribution in [1.29, 1.82) is 0 Å². The van der Waals surface area contributed by atoms with Crippen LogP contribution in [0.1, 0.15) is 42.5 Å². The lowest BCUT2D eigenvalue weighted by molar-refractivity contribution is -0.202. The predicted octanol–water partition coefficient (Wildman–Crippen LogP) is 1.97. The summed E-state index contributed by atoms with van der Waals surface area (Å²) in [5.41, 5.74) is 7.99. The molecule has 4 N–H and O–H groups in total. The number of hydrogen-bond acceptors (Lipinski definition) is 8. The first kappa shape index (κ1) is 29.6. The Labute approximate surface area is 223 Å². The van der Waals surface area contributed by atoms with E-state index in [1.165, 1.54) is 11.8 Å². The van der Waals surface area contributed by atoms with Crippen LogP contribution in [0, 0.1) is 6.92 Å². The number of ether oxygens (including phenoxy) is 1. The smallest absolute Gasteiger partial charge is 0.385 e. The number of alkyl halides is 3. The van der Waals surface area contributed by atoms with Gasteiger partial charge >= 0.3 is 18.1 Å². The van der Waals surface area contributed by atoms with E-state index >= 15 is 0 Å². The average molecular weight is 550 g/mol. The van der Waals surface area contributed by atoms with Crippen LogP contribution in [0.3, 0.4) is 0 Å². The fourth-order valence-electron chi connectivity index (χ4n) is 4.37. The molecule has 1 aliphatic rings. The van der Waals surface area contributed by atoms with Crippen molar-refractivity contribution in [2.24, 2.45) is 0 Å². The highest BCUT2D eigenvalue weighted by Gasteiger charge is 2.43. The molecule has 0 unspecified atom stereocenters. The van der Waals surface area contributed by atoms with Crippen molar-refractivity contribution in [2.75, 3.05) is 18.8 Å². The Hall–Kier alpha value is -4.00. The molecule has 0 saturated carbocycles. The maximum Gasteiger partial charge on any atom is 0.491 e. The summed E-state index contributed by atoms with van der Waals surface area (Å²) in [7, 11) is 0. The molecule has 2 aromatic rings. The molecule has 0 radical (unpaired) electrons. The highest BCUT2D eigenvalue weighted by atomic mass is 19.4. The molecular formula is C26H30F3N5O5. The van der Waals surface area contributed by atoms with Crippen LogP contribution in [0.4, 0.5) is 19.0 Å². The van der Waals surface area contributed by atoms with Gasteiger partial charge in [0.2, 0.25) is 11.8 Å². The third kappa shape index (κ3) is 8.24. The average Bonchev–Trinajstić information content (AvgIpc) is 2.88. The second kappa shape index (κ2) is 12.7. The zero-order valence-electron chi connectivity index (χ0n) is 21.5. The minimum atomic E-state index is -5.32. The maximum atomic E-state index is 13.3. The molecule has 3 atom stereocenters. The number of nitrogens with one attached hydrogen (secondary N) is 2. The number of nitrogen functional groups attached to an aromatic ring is 1. The van der Waals surface area contributed by atoms with Gasteiger partial charge in [0.1, 0.15) is 11.9 Å². The highest BCUT2D eigenvalue weighted by Crippen LogP contribution is 2.32. The molecule has 1 fully saturated rings. The molecule has 0 spiro atoms. The number of pyridine rings is 1. The molecule has 13 heteroatoms. The van der Waals surface area contributed by atoms with Crippen molar-refractivity contribution in [3.05, 3.63) is 59.3 Å². The molecule has 39 heavy (non-hydrogen) atoms. The van der Waals surface area contributed by atoms with Gasteiger partial charge in [0.05, 0.1) is 12.6 Å². The normalized spacial score (nSPS) is 18.6. The van der Waals surface area contributed by atoms with Crippen LogP contribution in [-0.2, 0) is 30.5 Å². The number of amides is 2. The standard InChI is InChI=1S/C26H30F3N5O5/c1-15-19(8-9-21(30)32-15)13-31-23(36)16(2)33-24(37)20-12-18(17-6-4-3-5-7-17)10-11-34(20)14-22(35)39-25(38)26(27,28)29/h3-9,16,18,20H,10-14H2,1-2H3,(H2,30,32)(H,31,36)(H,33,37)/t16-,18-,20+/m0/s1. The highest BCUT2D eigenvalue weighted by molar-refractivity contribution is 5.91. The molecule has 210 valence electrons. The Bertz CT molecular complexity index is 1210. The zero-order valence-corrected chi connectivity index (χ0v) is 21.5. The lowest BCUT2D eigenvalue weighted by Crippen LogP contribution is -2.56. The van der Waals surface area contributed by atoms with Gasteiger partial charge in [-0.1, -0.05) is 36.4 Å². The third-order valence-corrected chi connectivity index (χ3v) is 6.48. The number of nitrogens with zero attached hydrogens (tertiary/aromatic N) is 2. The number of hydrogen-bond donors (Lipinski definition) is 3. The SMILES string of the molecule is Cc1nc(N)ccc1CNC(=O)[C@H](C)NC(=O)[C@H]1C[C@@H](c2ccccc2)CCN1CC(=O)OC(=O)C(F)(F)F. The molecule has 2 heterocycles. The zero-order chi connectivity index (χ0) is 28.7. The number of aryl methyl sites for hydroxylation is 1. The van der Waals surface area contributed by atoms with Crippen LogP contribution in [0.25, 0.3) is 0 Å². The summed E-state index contributed by atoms with van der Waals surface area (Å²) in [6.45, 7) is 2.86. The van der Waals surface area contributed by atoms with Crippen molar-refractivity contribution < 1.29 is 37.1 Å². The number of likely N-dealkylation sites (tertiary alicyclic amines) is 1. The molecule has 1 aromatic carbocycles. The number of piperidine rings is 1. The number of aromatic nitrogens is 1. The second-order valence-electron chi connectivity index (χ2n) is 9.31. The number of halogens is 3. The largest absolute Gasteiger partial charge is 0.491 e. The maximum absolute atomic E-state index is 13.3. The number of benzene rings is 1. The summed E-state index contributed by atoms with van der Waals surface area (Å²) in [4.78, 5) is 54.6. The number of rotatable bonds is 8. The minimum absolute atomic E-state index is 0.0730. The molecule has 2 amide bonds. The van der Waals surface area contributed by atoms with Gasteiger partial charge in [0.25, 0.3) is 0 Å². The second-order valence-corrected chi connectivity index (χ2v) is 9.31. The van der Waals surface area contributed by atoms with Crippen molar-refractivity contribution >= 4 is 29.6 Å². The van der Waals surface area contributed by atoms with Crippen molar-refractivity contribution in [3.63, 3.8) is 0 Å². The third-order valence-electron chi connectivity index (χ3n) is 6.48. The van der Waals surface area contributed by atoms with Gasteiger partial charge in [-0.25, -0.2) is 9.78 Å². The summed E-state index contributed by atoms with van der Waals surface area (Å²) in [5.74, 6) is -4.83. The Morgan fingerprint density at radius 2 is 1.85 bits per heavy atom. The van der Waals surface area contributed by atoms with E-state index < -0.39 is 48.6 Å². The van der Waals surface area contributed by atoms with Gasteiger partial charge in [0.15, 0.2) is 0 Å². The predicted molar refractivity (Wildman–Crippen MR) is 134 cm³/mol. The number of esters is 2. The van der Waals surface area contributed by atoms with Crippen LogP contribution in [0.5, 0.6) is 0 Å². The van der Waals surface area contributed by atoms with E-state index in [-0.39, 0.29) is 25.4 Å². The molecule has 3 rings (SSSR count).